The Labute approximate surface area is 140 Å². The highest BCUT2D eigenvalue weighted by molar-refractivity contribution is 5.96. The van der Waals surface area contributed by atoms with Crippen LogP contribution in [0.15, 0.2) is 54.6 Å². The van der Waals surface area contributed by atoms with E-state index in [2.05, 4.69) is 16.2 Å². The van der Waals surface area contributed by atoms with Gasteiger partial charge in [0, 0.05) is 10.9 Å². The molecule has 1 unspecified atom stereocenters. The largest absolute Gasteiger partial charge is 0.480 e. The summed E-state index contributed by atoms with van der Waals surface area (Å²) in [6.45, 7) is 0. The van der Waals surface area contributed by atoms with Gasteiger partial charge in [0.05, 0.1) is 11.2 Å². The molecular formula is C20H16N2O2. The minimum atomic E-state index is -0.969. The Morgan fingerprint density at radius 1 is 1.21 bits per heavy atom. The Hall–Kier alpha value is -3.16. The molecule has 0 saturated carbocycles. The molecule has 1 aromatic heterocycles. The summed E-state index contributed by atoms with van der Waals surface area (Å²) in [5.41, 5.74) is 3.84. The molecule has 2 N–H and O–H groups in total. The normalized spacial score (nSPS) is 11.8. The molecule has 4 heteroatoms. The van der Waals surface area contributed by atoms with Crippen LogP contribution in [0.5, 0.6) is 0 Å². The van der Waals surface area contributed by atoms with Gasteiger partial charge in [-0.25, -0.2) is 0 Å². The lowest BCUT2D eigenvalue weighted by Gasteiger charge is -2.15. The molecule has 1 atom stereocenters. The maximum atomic E-state index is 11.5. The minimum absolute atomic E-state index is 0.463. The summed E-state index contributed by atoms with van der Waals surface area (Å²) in [6, 6.07) is 16.3. The lowest BCUT2D eigenvalue weighted by atomic mass is 9.97. The van der Waals surface area contributed by atoms with Crippen molar-refractivity contribution in [3.05, 3.63) is 65.9 Å². The van der Waals surface area contributed by atoms with E-state index in [0.29, 0.717) is 11.2 Å². The minimum Gasteiger partial charge on any atom is -0.480 e. The maximum absolute atomic E-state index is 11.5. The van der Waals surface area contributed by atoms with Crippen molar-refractivity contribution in [1.29, 1.82) is 0 Å². The van der Waals surface area contributed by atoms with Gasteiger partial charge < -0.3 is 10.4 Å². The zero-order valence-corrected chi connectivity index (χ0v) is 13.2. The van der Waals surface area contributed by atoms with Gasteiger partial charge in [-0.3, -0.25) is 9.78 Å². The van der Waals surface area contributed by atoms with E-state index in [1.807, 2.05) is 54.6 Å². The highest BCUT2D eigenvalue weighted by Crippen LogP contribution is 2.31. The molecule has 0 radical (unpaired) electrons. The number of hydrogen-bond acceptors (Lipinski definition) is 3. The van der Waals surface area contributed by atoms with Crippen molar-refractivity contribution in [1.82, 2.24) is 10.3 Å². The number of terminal acetylenes is 1. The van der Waals surface area contributed by atoms with Gasteiger partial charge in [-0.15, -0.1) is 6.42 Å². The summed E-state index contributed by atoms with van der Waals surface area (Å²) in [6.07, 6.45) is 5.51. The van der Waals surface area contributed by atoms with Gasteiger partial charge in [0.25, 0.3) is 0 Å². The standard InChI is InChI=1S/C20H16N2O2/c1-3-13-9-10-17-16(11-13)15(14-7-5-4-6-8-14)12-18(22-17)19(21-2)20(23)24/h1,4-12,19,21H,2H3,(H,23,24). The van der Waals surface area contributed by atoms with Crippen molar-refractivity contribution < 1.29 is 9.90 Å². The number of aliphatic carboxylic acids is 1. The first-order chi connectivity index (χ1) is 11.6. The van der Waals surface area contributed by atoms with E-state index in [4.69, 9.17) is 6.42 Å². The van der Waals surface area contributed by atoms with Crippen LogP contribution in [0.1, 0.15) is 17.3 Å². The van der Waals surface area contributed by atoms with Crippen LogP contribution in [0.25, 0.3) is 22.0 Å². The molecule has 2 aromatic carbocycles. The third-order valence-corrected chi connectivity index (χ3v) is 3.91. The Morgan fingerprint density at radius 3 is 2.58 bits per heavy atom. The van der Waals surface area contributed by atoms with Crippen LogP contribution >= 0.6 is 0 Å². The summed E-state index contributed by atoms with van der Waals surface area (Å²) in [5, 5.41) is 13.1. The summed E-state index contributed by atoms with van der Waals surface area (Å²) < 4.78 is 0. The second-order valence-electron chi connectivity index (χ2n) is 5.40. The van der Waals surface area contributed by atoms with Crippen molar-refractivity contribution in [2.75, 3.05) is 7.05 Å². The number of carboxylic acid groups (broad SMARTS) is 1. The Morgan fingerprint density at radius 2 is 1.96 bits per heavy atom. The highest BCUT2D eigenvalue weighted by atomic mass is 16.4. The Bertz CT molecular complexity index is 943. The van der Waals surface area contributed by atoms with E-state index in [1.165, 1.54) is 0 Å². The predicted octanol–water partition coefficient (Wildman–Crippen LogP) is 3.23. The number of benzene rings is 2. The summed E-state index contributed by atoms with van der Waals surface area (Å²) in [7, 11) is 1.61. The topological polar surface area (TPSA) is 62.2 Å². The van der Waals surface area contributed by atoms with E-state index in [9.17, 15) is 9.90 Å². The van der Waals surface area contributed by atoms with Gasteiger partial charge in [0.2, 0.25) is 0 Å². The number of pyridine rings is 1. The van der Waals surface area contributed by atoms with E-state index in [-0.39, 0.29) is 0 Å². The zero-order chi connectivity index (χ0) is 17.1. The predicted molar refractivity (Wildman–Crippen MR) is 94.6 cm³/mol. The number of carboxylic acids is 1. The first-order valence-electron chi connectivity index (χ1n) is 7.51. The Balaban J connectivity index is 2.32. The lowest BCUT2D eigenvalue weighted by molar-refractivity contribution is -0.139. The van der Waals surface area contributed by atoms with Crippen molar-refractivity contribution in [2.24, 2.45) is 0 Å². The molecule has 1 heterocycles. The van der Waals surface area contributed by atoms with Gasteiger partial charge in [-0.05, 0) is 42.4 Å². The van der Waals surface area contributed by atoms with E-state index < -0.39 is 12.0 Å². The van der Waals surface area contributed by atoms with E-state index in [0.717, 1.165) is 22.1 Å². The second-order valence-corrected chi connectivity index (χ2v) is 5.40. The average Bonchev–Trinajstić information content (AvgIpc) is 2.61. The van der Waals surface area contributed by atoms with Crippen LogP contribution in [-0.2, 0) is 4.79 Å². The first-order valence-corrected chi connectivity index (χ1v) is 7.51. The molecule has 0 amide bonds. The van der Waals surface area contributed by atoms with Crippen molar-refractivity contribution in [3.8, 4) is 23.5 Å². The number of hydrogen-bond donors (Lipinski definition) is 2. The number of nitrogens with zero attached hydrogens (tertiary/aromatic N) is 1. The quantitative estimate of drug-likeness (QED) is 0.726. The van der Waals surface area contributed by atoms with Crippen molar-refractivity contribution in [2.45, 2.75) is 6.04 Å². The molecule has 0 aliphatic carbocycles. The third kappa shape index (κ3) is 2.85. The number of likely N-dealkylation sites (N-methyl/N-ethyl adjacent to an activating group) is 1. The molecule has 118 valence electrons. The maximum Gasteiger partial charge on any atom is 0.326 e. The third-order valence-electron chi connectivity index (χ3n) is 3.91. The zero-order valence-electron chi connectivity index (χ0n) is 13.2. The van der Waals surface area contributed by atoms with Gasteiger partial charge in [-0.2, -0.15) is 0 Å². The molecule has 0 bridgehead atoms. The molecular weight excluding hydrogens is 300 g/mol. The lowest BCUT2D eigenvalue weighted by Crippen LogP contribution is -2.26. The number of nitrogens with one attached hydrogen (secondary N) is 1. The van der Waals surface area contributed by atoms with Gasteiger partial charge in [0.15, 0.2) is 0 Å². The summed E-state index contributed by atoms with van der Waals surface area (Å²) in [5.74, 6) is 1.66. The number of fused-ring (bicyclic) bond motifs is 1. The fraction of sp³-hybridized carbons (Fsp3) is 0.100. The molecule has 3 rings (SSSR count). The molecule has 0 saturated heterocycles. The van der Waals surface area contributed by atoms with Crippen molar-refractivity contribution in [3.63, 3.8) is 0 Å². The van der Waals surface area contributed by atoms with Crippen LogP contribution < -0.4 is 5.32 Å². The van der Waals surface area contributed by atoms with Gasteiger partial charge in [0.1, 0.15) is 6.04 Å². The highest BCUT2D eigenvalue weighted by Gasteiger charge is 2.21. The van der Waals surface area contributed by atoms with Gasteiger partial charge >= 0.3 is 5.97 Å². The van der Waals surface area contributed by atoms with Crippen molar-refractivity contribution >= 4 is 16.9 Å². The second kappa shape index (κ2) is 6.53. The van der Waals surface area contributed by atoms with Crippen LogP contribution in [0.4, 0.5) is 0 Å². The van der Waals surface area contributed by atoms with E-state index in [1.54, 1.807) is 7.05 Å². The smallest absolute Gasteiger partial charge is 0.326 e. The van der Waals surface area contributed by atoms with Crippen LogP contribution in [0.3, 0.4) is 0 Å². The molecule has 3 aromatic rings. The number of carbonyl (C=O) groups is 1. The SMILES string of the molecule is C#Cc1ccc2nc(C(NC)C(=O)O)cc(-c3ccccc3)c2c1. The first kappa shape index (κ1) is 15.7. The monoisotopic (exact) mass is 316 g/mol. The average molecular weight is 316 g/mol. The molecule has 0 fully saturated rings. The Kier molecular flexibility index (Phi) is 4.28. The summed E-state index contributed by atoms with van der Waals surface area (Å²) in [4.78, 5) is 16.0. The van der Waals surface area contributed by atoms with Crippen LogP contribution in [0, 0.1) is 12.3 Å². The van der Waals surface area contributed by atoms with Crippen LogP contribution in [-0.4, -0.2) is 23.1 Å². The molecule has 0 spiro atoms. The molecule has 0 aliphatic heterocycles. The van der Waals surface area contributed by atoms with Crippen LogP contribution in [0.2, 0.25) is 0 Å². The molecule has 24 heavy (non-hydrogen) atoms. The fourth-order valence-electron chi connectivity index (χ4n) is 2.74. The van der Waals surface area contributed by atoms with Gasteiger partial charge in [-0.1, -0.05) is 36.3 Å². The summed E-state index contributed by atoms with van der Waals surface area (Å²) >= 11 is 0. The number of rotatable bonds is 4. The fourth-order valence-corrected chi connectivity index (χ4v) is 2.74. The van der Waals surface area contributed by atoms with E-state index >= 15 is 0 Å². The number of aromatic nitrogens is 1. The molecule has 4 nitrogen and oxygen atoms in total. The molecule has 0 aliphatic rings.